The largest absolute Gasteiger partial charge is 0.497 e. The van der Waals surface area contributed by atoms with Crippen molar-refractivity contribution in [1.82, 2.24) is 4.98 Å². The van der Waals surface area contributed by atoms with Crippen LogP contribution in [0.2, 0.25) is 5.15 Å². The first-order valence-corrected chi connectivity index (χ1v) is 4.94. The van der Waals surface area contributed by atoms with E-state index in [1.54, 1.807) is 19.2 Å². The summed E-state index contributed by atoms with van der Waals surface area (Å²) >= 11 is 5.92. The first-order chi connectivity index (χ1) is 7.74. The molecule has 82 valence electrons. The minimum Gasteiger partial charge on any atom is -0.497 e. The summed E-state index contributed by atoms with van der Waals surface area (Å²) in [5, 5.41) is 12.6. The lowest BCUT2D eigenvalue weighted by atomic mass is 10.1. The number of benzene rings is 1. The second-order valence-corrected chi connectivity index (χ2v) is 3.53. The van der Waals surface area contributed by atoms with Gasteiger partial charge in [0.1, 0.15) is 10.9 Å². The summed E-state index contributed by atoms with van der Waals surface area (Å²) in [6.45, 7) is 0. The second kappa shape index (κ2) is 4.37. The van der Waals surface area contributed by atoms with E-state index in [1.807, 2.05) is 12.1 Å². The highest BCUT2D eigenvalue weighted by Crippen LogP contribution is 2.23. The van der Waals surface area contributed by atoms with Crippen LogP contribution in [-0.4, -0.2) is 23.5 Å². The number of methoxy groups -OCH3 is 1. The standard InChI is InChI=1S/C11H9ClN2O2/c1-16-9-3-2-7-4-8(6-13-15)11(12)14-10(7)5-9/h2-6,15H,1H3. The summed E-state index contributed by atoms with van der Waals surface area (Å²) in [6.07, 6.45) is 1.25. The quantitative estimate of drug-likeness (QED) is 0.378. The van der Waals surface area contributed by atoms with E-state index in [0.717, 1.165) is 16.7 Å². The molecule has 0 atom stereocenters. The van der Waals surface area contributed by atoms with Crippen LogP contribution in [0.3, 0.4) is 0 Å². The van der Waals surface area contributed by atoms with Crippen molar-refractivity contribution in [3.63, 3.8) is 0 Å². The topological polar surface area (TPSA) is 54.7 Å². The molecule has 1 N–H and O–H groups in total. The molecular formula is C11H9ClN2O2. The van der Waals surface area contributed by atoms with E-state index in [1.165, 1.54) is 6.21 Å². The molecule has 0 bridgehead atoms. The Kier molecular flexibility index (Phi) is 2.92. The maximum absolute atomic E-state index is 8.46. The molecule has 0 aliphatic carbocycles. The third-order valence-corrected chi connectivity index (χ3v) is 2.50. The normalized spacial score (nSPS) is 11.1. The van der Waals surface area contributed by atoms with Gasteiger partial charge < -0.3 is 9.94 Å². The molecule has 1 aromatic heterocycles. The van der Waals surface area contributed by atoms with E-state index < -0.39 is 0 Å². The Morgan fingerprint density at radius 1 is 1.44 bits per heavy atom. The van der Waals surface area contributed by atoms with Gasteiger partial charge in [-0.25, -0.2) is 4.98 Å². The number of hydrogen-bond donors (Lipinski definition) is 1. The Hall–Kier alpha value is -1.81. The lowest BCUT2D eigenvalue weighted by Gasteiger charge is -2.04. The van der Waals surface area contributed by atoms with Crippen LogP contribution in [0.25, 0.3) is 10.9 Å². The van der Waals surface area contributed by atoms with Gasteiger partial charge in [-0.3, -0.25) is 0 Å². The van der Waals surface area contributed by atoms with Crippen LogP contribution in [0.5, 0.6) is 5.75 Å². The fourth-order valence-corrected chi connectivity index (χ4v) is 1.61. The number of rotatable bonds is 2. The van der Waals surface area contributed by atoms with Crippen LogP contribution in [-0.2, 0) is 0 Å². The van der Waals surface area contributed by atoms with E-state index in [0.29, 0.717) is 10.7 Å². The zero-order valence-electron chi connectivity index (χ0n) is 8.51. The summed E-state index contributed by atoms with van der Waals surface area (Å²) in [4.78, 5) is 4.19. The van der Waals surface area contributed by atoms with E-state index in [-0.39, 0.29) is 0 Å². The fraction of sp³-hybridized carbons (Fsp3) is 0.0909. The summed E-state index contributed by atoms with van der Waals surface area (Å²) in [5.74, 6) is 0.722. The molecule has 0 aliphatic rings. The van der Waals surface area contributed by atoms with Gasteiger partial charge in [0.05, 0.1) is 18.8 Å². The summed E-state index contributed by atoms with van der Waals surface area (Å²) in [7, 11) is 1.59. The number of fused-ring (bicyclic) bond motifs is 1. The second-order valence-electron chi connectivity index (χ2n) is 3.17. The maximum atomic E-state index is 8.46. The SMILES string of the molecule is COc1ccc2cc(C=NO)c(Cl)nc2c1. The van der Waals surface area contributed by atoms with Crippen LogP contribution >= 0.6 is 11.6 Å². The Bertz CT molecular complexity index is 555. The highest BCUT2D eigenvalue weighted by Gasteiger charge is 2.04. The molecule has 0 saturated heterocycles. The molecule has 0 spiro atoms. The molecule has 0 radical (unpaired) electrons. The Balaban J connectivity index is 2.63. The van der Waals surface area contributed by atoms with Crippen molar-refractivity contribution in [2.24, 2.45) is 5.16 Å². The monoisotopic (exact) mass is 236 g/mol. The fourth-order valence-electron chi connectivity index (χ4n) is 1.42. The summed E-state index contributed by atoms with van der Waals surface area (Å²) in [6, 6.07) is 7.29. The van der Waals surface area contributed by atoms with Crippen molar-refractivity contribution in [3.05, 3.63) is 35.0 Å². The Morgan fingerprint density at radius 3 is 2.94 bits per heavy atom. The Morgan fingerprint density at radius 2 is 2.25 bits per heavy atom. The van der Waals surface area contributed by atoms with Gasteiger partial charge in [-0.05, 0) is 18.2 Å². The predicted molar refractivity (Wildman–Crippen MR) is 62.7 cm³/mol. The minimum absolute atomic E-state index is 0.290. The molecule has 5 heteroatoms. The van der Waals surface area contributed by atoms with Crippen molar-refractivity contribution >= 4 is 28.7 Å². The highest BCUT2D eigenvalue weighted by atomic mass is 35.5. The van der Waals surface area contributed by atoms with Gasteiger partial charge in [0.25, 0.3) is 0 Å². The molecule has 1 heterocycles. The number of hydrogen-bond acceptors (Lipinski definition) is 4. The minimum atomic E-state index is 0.290. The molecular weight excluding hydrogens is 228 g/mol. The average molecular weight is 237 g/mol. The lowest BCUT2D eigenvalue weighted by molar-refractivity contribution is 0.322. The number of aromatic nitrogens is 1. The molecule has 0 fully saturated rings. The van der Waals surface area contributed by atoms with Gasteiger partial charge >= 0.3 is 0 Å². The van der Waals surface area contributed by atoms with Crippen molar-refractivity contribution in [1.29, 1.82) is 0 Å². The number of ether oxygens (including phenoxy) is 1. The predicted octanol–water partition coefficient (Wildman–Crippen LogP) is 2.70. The number of oxime groups is 1. The molecule has 4 nitrogen and oxygen atoms in total. The van der Waals surface area contributed by atoms with Crippen molar-refractivity contribution < 1.29 is 9.94 Å². The van der Waals surface area contributed by atoms with Gasteiger partial charge in [0.15, 0.2) is 0 Å². The van der Waals surface area contributed by atoms with Crippen molar-refractivity contribution in [2.75, 3.05) is 7.11 Å². The van der Waals surface area contributed by atoms with Crippen LogP contribution in [0.1, 0.15) is 5.56 Å². The van der Waals surface area contributed by atoms with E-state index in [4.69, 9.17) is 21.5 Å². The van der Waals surface area contributed by atoms with Crippen LogP contribution in [0, 0.1) is 0 Å². The zero-order chi connectivity index (χ0) is 11.5. The van der Waals surface area contributed by atoms with E-state index >= 15 is 0 Å². The van der Waals surface area contributed by atoms with Crippen LogP contribution < -0.4 is 4.74 Å². The molecule has 1 aromatic carbocycles. The molecule has 0 saturated carbocycles. The zero-order valence-corrected chi connectivity index (χ0v) is 9.27. The van der Waals surface area contributed by atoms with Crippen LogP contribution in [0.4, 0.5) is 0 Å². The van der Waals surface area contributed by atoms with Gasteiger partial charge in [0.2, 0.25) is 0 Å². The average Bonchev–Trinajstić information content (AvgIpc) is 2.30. The van der Waals surface area contributed by atoms with E-state index in [2.05, 4.69) is 10.1 Å². The van der Waals surface area contributed by atoms with Crippen molar-refractivity contribution in [2.45, 2.75) is 0 Å². The summed E-state index contributed by atoms with van der Waals surface area (Å²) in [5.41, 5.74) is 1.31. The first kappa shape index (κ1) is 10.7. The number of nitrogens with zero attached hydrogens (tertiary/aromatic N) is 2. The number of pyridine rings is 1. The van der Waals surface area contributed by atoms with Gasteiger partial charge in [0, 0.05) is 17.0 Å². The Labute approximate surface area is 97.1 Å². The third-order valence-electron chi connectivity index (χ3n) is 2.20. The number of halogens is 1. The van der Waals surface area contributed by atoms with E-state index in [9.17, 15) is 0 Å². The molecule has 16 heavy (non-hydrogen) atoms. The smallest absolute Gasteiger partial charge is 0.138 e. The highest BCUT2D eigenvalue weighted by molar-refractivity contribution is 6.32. The third kappa shape index (κ3) is 1.92. The lowest BCUT2D eigenvalue weighted by Crippen LogP contribution is -1.90. The summed E-state index contributed by atoms with van der Waals surface area (Å²) < 4.78 is 5.09. The molecule has 0 unspecified atom stereocenters. The van der Waals surface area contributed by atoms with Gasteiger partial charge in [-0.2, -0.15) is 0 Å². The van der Waals surface area contributed by atoms with Gasteiger partial charge in [-0.1, -0.05) is 16.8 Å². The maximum Gasteiger partial charge on any atom is 0.138 e. The molecule has 0 aliphatic heterocycles. The van der Waals surface area contributed by atoms with Gasteiger partial charge in [-0.15, -0.1) is 0 Å². The van der Waals surface area contributed by atoms with Crippen molar-refractivity contribution in [3.8, 4) is 5.75 Å². The van der Waals surface area contributed by atoms with Crippen LogP contribution in [0.15, 0.2) is 29.4 Å². The molecule has 2 aromatic rings. The first-order valence-electron chi connectivity index (χ1n) is 4.56. The molecule has 2 rings (SSSR count). The molecule has 0 amide bonds.